The van der Waals surface area contributed by atoms with E-state index >= 15 is 0 Å². The molecule has 0 saturated heterocycles. The lowest BCUT2D eigenvalue weighted by Crippen LogP contribution is -2.51. The Morgan fingerprint density at radius 1 is 1.32 bits per heavy atom. The SMILES string of the molecule is CCCCC#CC(OC)C(C)(C)N(C=O)Cc1ccccc1. The average Bonchev–Trinajstić information content (AvgIpc) is 2.53. The second kappa shape index (κ2) is 9.27. The fraction of sp³-hybridized carbons (Fsp3) is 0.526. The molecule has 0 heterocycles. The number of unbranched alkanes of at least 4 members (excludes halogenated alkanes) is 2. The third-order valence-corrected chi connectivity index (χ3v) is 3.83. The van der Waals surface area contributed by atoms with Crippen LogP contribution in [0.4, 0.5) is 0 Å². The second-order valence-electron chi connectivity index (χ2n) is 5.91. The van der Waals surface area contributed by atoms with Crippen molar-refractivity contribution in [3.63, 3.8) is 0 Å². The number of benzene rings is 1. The lowest BCUT2D eigenvalue weighted by atomic mass is 9.94. The van der Waals surface area contributed by atoms with E-state index in [0.717, 1.165) is 31.2 Å². The lowest BCUT2D eigenvalue weighted by molar-refractivity contribution is -0.127. The van der Waals surface area contributed by atoms with Gasteiger partial charge in [0.15, 0.2) is 0 Å². The van der Waals surface area contributed by atoms with E-state index in [1.165, 1.54) is 0 Å². The third-order valence-electron chi connectivity index (χ3n) is 3.83. The summed E-state index contributed by atoms with van der Waals surface area (Å²) in [7, 11) is 1.65. The van der Waals surface area contributed by atoms with Crippen LogP contribution in [0.15, 0.2) is 30.3 Å². The maximum absolute atomic E-state index is 11.6. The molecular formula is C19H27NO2. The number of carbonyl (C=O) groups excluding carboxylic acids is 1. The van der Waals surface area contributed by atoms with E-state index in [1.807, 2.05) is 44.2 Å². The van der Waals surface area contributed by atoms with Gasteiger partial charge in [-0.1, -0.05) is 49.6 Å². The van der Waals surface area contributed by atoms with E-state index in [1.54, 1.807) is 12.0 Å². The molecule has 0 N–H and O–H groups in total. The molecule has 3 nitrogen and oxygen atoms in total. The van der Waals surface area contributed by atoms with Crippen LogP contribution in [-0.4, -0.2) is 30.1 Å². The molecule has 0 spiro atoms. The Morgan fingerprint density at radius 3 is 2.55 bits per heavy atom. The monoisotopic (exact) mass is 301 g/mol. The van der Waals surface area contributed by atoms with Crippen molar-refractivity contribution < 1.29 is 9.53 Å². The van der Waals surface area contributed by atoms with Gasteiger partial charge in [0.05, 0.1) is 5.54 Å². The molecule has 3 heteroatoms. The van der Waals surface area contributed by atoms with Crippen molar-refractivity contribution in [2.75, 3.05) is 7.11 Å². The standard InChI is InChI=1S/C19H27NO2/c1-5-6-7-11-14-18(22-4)19(2,3)20(16-21)15-17-12-9-8-10-13-17/h8-10,12-13,16,18H,5-7,15H2,1-4H3. The van der Waals surface area contributed by atoms with E-state index < -0.39 is 5.54 Å². The van der Waals surface area contributed by atoms with Gasteiger partial charge in [-0.25, -0.2) is 0 Å². The largest absolute Gasteiger partial charge is 0.366 e. The molecule has 0 fully saturated rings. The number of amides is 1. The summed E-state index contributed by atoms with van der Waals surface area (Å²) >= 11 is 0. The highest BCUT2D eigenvalue weighted by atomic mass is 16.5. The predicted octanol–water partition coefficient (Wildman–Crippen LogP) is 3.63. The minimum atomic E-state index is -0.494. The van der Waals surface area contributed by atoms with Gasteiger partial charge >= 0.3 is 0 Å². The predicted molar refractivity (Wildman–Crippen MR) is 90.2 cm³/mol. The normalized spacial score (nSPS) is 12.2. The Labute approximate surface area is 134 Å². The minimum absolute atomic E-state index is 0.307. The Kier molecular flexibility index (Phi) is 7.70. The summed E-state index contributed by atoms with van der Waals surface area (Å²) < 4.78 is 5.54. The van der Waals surface area contributed by atoms with Gasteiger partial charge in [-0.3, -0.25) is 4.79 Å². The number of rotatable bonds is 8. The topological polar surface area (TPSA) is 29.5 Å². The first-order valence-corrected chi connectivity index (χ1v) is 7.83. The maximum atomic E-state index is 11.6. The van der Waals surface area contributed by atoms with Crippen LogP contribution in [0.1, 0.15) is 45.6 Å². The Morgan fingerprint density at radius 2 is 2.00 bits per heavy atom. The van der Waals surface area contributed by atoms with Crippen LogP contribution in [0.2, 0.25) is 0 Å². The van der Waals surface area contributed by atoms with Crippen molar-refractivity contribution in [3.8, 4) is 11.8 Å². The second-order valence-corrected chi connectivity index (χ2v) is 5.91. The summed E-state index contributed by atoms with van der Waals surface area (Å²) in [6.07, 6.45) is 3.66. The van der Waals surface area contributed by atoms with Crippen LogP contribution in [0.3, 0.4) is 0 Å². The molecule has 120 valence electrons. The number of methoxy groups -OCH3 is 1. The Hall–Kier alpha value is -1.79. The van der Waals surface area contributed by atoms with Crippen molar-refractivity contribution in [2.45, 2.75) is 58.2 Å². The fourth-order valence-corrected chi connectivity index (χ4v) is 2.26. The van der Waals surface area contributed by atoms with Gasteiger partial charge in [0.25, 0.3) is 0 Å². The molecular weight excluding hydrogens is 274 g/mol. The van der Waals surface area contributed by atoms with Crippen molar-refractivity contribution in [3.05, 3.63) is 35.9 Å². The van der Waals surface area contributed by atoms with Crippen molar-refractivity contribution in [1.82, 2.24) is 4.90 Å². The number of ether oxygens (including phenoxy) is 1. The van der Waals surface area contributed by atoms with Crippen LogP contribution >= 0.6 is 0 Å². The first kappa shape index (κ1) is 18.3. The van der Waals surface area contributed by atoms with Gasteiger partial charge in [-0.05, 0) is 25.8 Å². The first-order chi connectivity index (χ1) is 10.6. The quantitative estimate of drug-likeness (QED) is 0.417. The summed E-state index contributed by atoms with van der Waals surface area (Å²) in [6.45, 7) is 6.68. The summed E-state index contributed by atoms with van der Waals surface area (Å²) in [6, 6.07) is 9.95. The molecule has 1 rings (SSSR count). The Balaban J connectivity index is 2.85. The Bertz CT molecular complexity index is 499. The number of hydrogen-bond donors (Lipinski definition) is 0. The molecule has 0 aromatic heterocycles. The fourth-order valence-electron chi connectivity index (χ4n) is 2.26. The molecule has 0 aliphatic heterocycles. The lowest BCUT2D eigenvalue weighted by Gasteiger charge is -2.39. The molecule has 1 unspecified atom stereocenters. The highest BCUT2D eigenvalue weighted by Crippen LogP contribution is 2.22. The number of hydrogen-bond acceptors (Lipinski definition) is 2. The van der Waals surface area contributed by atoms with Crippen LogP contribution in [0.5, 0.6) is 0 Å². The van der Waals surface area contributed by atoms with Gasteiger partial charge < -0.3 is 9.64 Å². The zero-order valence-corrected chi connectivity index (χ0v) is 14.1. The van der Waals surface area contributed by atoms with Gasteiger partial charge in [-0.2, -0.15) is 0 Å². The molecule has 0 aliphatic rings. The van der Waals surface area contributed by atoms with Gasteiger partial charge in [0, 0.05) is 20.1 Å². The molecule has 1 aromatic rings. The van der Waals surface area contributed by atoms with Gasteiger partial charge in [0.1, 0.15) is 6.10 Å². The third kappa shape index (κ3) is 5.20. The van der Waals surface area contributed by atoms with Crippen LogP contribution in [-0.2, 0) is 16.1 Å². The van der Waals surface area contributed by atoms with Crippen LogP contribution in [0, 0.1) is 11.8 Å². The molecule has 1 amide bonds. The number of nitrogens with zero attached hydrogens (tertiary/aromatic N) is 1. The van der Waals surface area contributed by atoms with E-state index in [4.69, 9.17) is 4.74 Å². The average molecular weight is 301 g/mol. The summed E-state index contributed by atoms with van der Waals surface area (Å²) in [5.41, 5.74) is 0.599. The van der Waals surface area contributed by atoms with Crippen molar-refractivity contribution >= 4 is 6.41 Å². The summed E-state index contributed by atoms with van der Waals surface area (Å²) in [4.78, 5) is 13.3. The molecule has 0 aliphatic carbocycles. The smallest absolute Gasteiger partial charge is 0.210 e. The molecule has 0 saturated carbocycles. The summed E-state index contributed by atoms with van der Waals surface area (Å²) in [5.74, 6) is 6.34. The zero-order valence-electron chi connectivity index (χ0n) is 14.1. The van der Waals surface area contributed by atoms with Gasteiger partial charge in [0.2, 0.25) is 6.41 Å². The highest BCUT2D eigenvalue weighted by molar-refractivity contribution is 5.50. The molecule has 0 radical (unpaired) electrons. The zero-order chi connectivity index (χ0) is 16.4. The molecule has 0 bridgehead atoms. The molecule has 1 atom stereocenters. The maximum Gasteiger partial charge on any atom is 0.210 e. The molecule has 22 heavy (non-hydrogen) atoms. The van der Waals surface area contributed by atoms with Gasteiger partial charge in [-0.15, -0.1) is 5.92 Å². The van der Waals surface area contributed by atoms with E-state index in [0.29, 0.717) is 6.54 Å². The van der Waals surface area contributed by atoms with Crippen LogP contribution in [0.25, 0.3) is 0 Å². The van der Waals surface area contributed by atoms with E-state index in [-0.39, 0.29) is 6.10 Å². The van der Waals surface area contributed by atoms with Crippen molar-refractivity contribution in [2.24, 2.45) is 0 Å². The molecule has 1 aromatic carbocycles. The van der Waals surface area contributed by atoms with Crippen LogP contribution < -0.4 is 0 Å². The van der Waals surface area contributed by atoms with Crippen molar-refractivity contribution in [1.29, 1.82) is 0 Å². The van der Waals surface area contributed by atoms with E-state index in [9.17, 15) is 4.79 Å². The number of carbonyl (C=O) groups is 1. The minimum Gasteiger partial charge on any atom is -0.366 e. The highest BCUT2D eigenvalue weighted by Gasteiger charge is 2.34. The van der Waals surface area contributed by atoms with E-state index in [2.05, 4.69) is 18.8 Å². The summed E-state index contributed by atoms with van der Waals surface area (Å²) in [5, 5.41) is 0. The first-order valence-electron chi connectivity index (χ1n) is 7.83.